The van der Waals surface area contributed by atoms with E-state index in [0.717, 1.165) is 17.4 Å². The van der Waals surface area contributed by atoms with Crippen molar-refractivity contribution in [3.05, 3.63) is 51.5 Å². The van der Waals surface area contributed by atoms with Gasteiger partial charge in [-0.3, -0.25) is 0 Å². The number of esters is 1. The zero-order valence-electron chi connectivity index (χ0n) is 9.89. The van der Waals surface area contributed by atoms with E-state index in [-0.39, 0.29) is 5.56 Å². The molecule has 0 unspecified atom stereocenters. The second-order valence-corrected chi connectivity index (χ2v) is 4.59. The summed E-state index contributed by atoms with van der Waals surface area (Å²) in [4.78, 5) is 15.5. The Morgan fingerprint density at radius 1 is 1.37 bits per heavy atom. The van der Waals surface area contributed by atoms with Crippen molar-refractivity contribution >= 4 is 29.5 Å². The van der Waals surface area contributed by atoms with Crippen LogP contribution in [0.5, 0.6) is 0 Å². The molecule has 0 aliphatic heterocycles. The van der Waals surface area contributed by atoms with Gasteiger partial charge >= 0.3 is 5.97 Å². The molecule has 0 fully saturated rings. The lowest BCUT2D eigenvalue weighted by Gasteiger charge is -1.96. The summed E-state index contributed by atoms with van der Waals surface area (Å²) in [6.07, 6.45) is 4.28. The van der Waals surface area contributed by atoms with Gasteiger partial charge in [0.05, 0.1) is 13.3 Å². The number of ether oxygens (including phenoxy) is 1. The van der Waals surface area contributed by atoms with Crippen LogP contribution >= 0.6 is 11.3 Å². The lowest BCUT2D eigenvalue weighted by atomic mass is 10.2. The molecule has 0 aliphatic carbocycles. The van der Waals surface area contributed by atoms with Crippen LogP contribution in [0.1, 0.15) is 20.2 Å². The molecular formula is C13H9F2NO2S. The van der Waals surface area contributed by atoms with Gasteiger partial charge in [-0.25, -0.2) is 18.6 Å². The highest BCUT2D eigenvalue weighted by molar-refractivity contribution is 7.14. The predicted molar refractivity (Wildman–Crippen MR) is 68.7 cm³/mol. The number of rotatable bonds is 3. The smallest absolute Gasteiger partial charge is 0.349 e. The van der Waals surface area contributed by atoms with Gasteiger partial charge in [0.1, 0.15) is 9.88 Å². The Morgan fingerprint density at radius 3 is 2.89 bits per heavy atom. The molecule has 2 aromatic rings. The summed E-state index contributed by atoms with van der Waals surface area (Å²) in [7, 11) is 1.28. The Hall–Kier alpha value is -2.08. The van der Waals surface area contributed by atoms with Gasteiger partial charge in [-0.15, -0.1) is 11.3 Å². The van der Waals surface area contributed by atoms with Crippen LogP contribution in [-0.4, -0.2) is 18.1 Å². The summed E-state index contributed by atoms with van der Waals surface area (Å²) >= 11 is 1.11. The predicted octanol–water partition coefficient (Wildman–Crippen LogP) is 3.38. The minimum absolute atomic E-state index is 0.120. The van der Waals surface area contributed by atoms with Gasteiger partial charge in [0.25, 0.3) is 0 Å². The monoisotopic (exact) mass is 281 g/mol. The van der Waals surface area contributed by atoms with Crippen LogP contribution in [-0.2, 0) is 4.74 Å². The van der Waals surface area contributed by atoms with Crippen molar-refractivity contribution < 1.29 is 18.3 Å². The molecule has 98 valence electrons. The molecule has 0 radical (unpaired) electrons. The number of aromatic nitrogens is 1. The second kappa shape index (κ2) is 5.71. The van der Waals surface area contributed by atoms with Gasteiger partial charge in [-0.1, -0.05) is 12.1 Å². The van der Waals surface area contributed by atoms with Crippen molar-refractivity contribution in [1.82, 2.24) is 4.98 Å². The number of nitrogens with zero attached hydrogens (tertiary/aromatic N) is 1. The fourth-order valence-corrected chi connectivity index (χ4v) is 2.11. The Balaban J connectivity index is 2.21. The third-order valence-corrected chi connectivity index (χ3v) is 3.24. The van der Waals surface area contributed by atoms with Gasteiger partial charge < -0.3 is 4.74 Å². The number of benzene rings is 1. The van der Waals surface area contributed by atoms with Crippen molar-refractivity contribution in [1.29, 1.82) is 0 Å². The number of thiazole rings is 1. The van der Waals surface area contributed by atoms with E-state index in [1.165, 1.54) is 37.6 Å². The molecule has 0 spiro atoms. The maximum Gasteiger partial charge on any atom is 0.349 e. The van der Waals surface area contributed by atoms with Crippen molar-refractivity contribution in [3.63, 3.8) is 0 Å². The Morgan fingerprint density at radius 2 is 2.16 bits per heavy atom. The molecule has 0 bridgehead atoms. The summed E-state index contributed by atoms with van der Waals surface area (Å²) in [6.45, 7) is 0. The van der Waals surface area contributed by atoms with Crippen LogP contribution in [0.2, 0.25) is 0 Å². The minimum atomic E-state index is -0.913. The molecule has 0 N–H and O–H groups in total. The number of hydrogen-bond donors (Lipinski definition) is 0. The van der Waals surface area contributed by atoms with E-state index < -0.39 is 17.6 Å². The average Bonchev–Trinajstić information content (AvgIpc) is 2.88. The van der Waals surface area contributed by atoms with Crippen LogP contribution in [0.15, 0.2) is 24.4 Å². The third-order valence-electron chi connectivity index (χ3n) is 2.30. The fraction of sp³-hybridized carbons (Fsp3) is 0.0769. The van der Waals surface area contributed by atoms with Gasteiger partial charge in [-0.2, -0.15) is 0 Å². The zero-order chi connectivity index (χ0) is 13.8. The normalized spacial score (nSPS) is 10.9. The molecule has 0 saturated heterocycles. The Kier molecular flexibility index (Phi) is 4.01. The molecule has 1 heterocycles. The van der Waals surface area contributed by atoms with Gasteiger partial charge in [-0.05, 0) is 18.2 Å². The number of halogens is 2. The van der Waals surface area contributed by atoms with Crippen LogP contribution in [0.25, 0.3) is 12.2 Å². The quantitative estimate of drug-likeness (QED) is 0.810. The maximum absolute atomic E-state index is 13.4. The Labute approximate surface area is 112 Å². The van der Waals surface area contributed by atoms with E-state index in [0.29, 0.717) is 9.88 Å². The zero-order valence-corrected chi connectivity index (χ0v) is 10.7. The standard InChI is InChI=1S/C13H9F2NO2S/c1-18-13(17)10-7-16-11(19-10)6-5-8-3-2-4-9(14)12(8)15/h2-7H,1H3/b6-5+. The highest BCUT2D eigenvalue weighted by Gasteiger charge is 2.09. The van der Waals surface area contributed by atoms with E-state index in [1.54, 1.807) is 0 Å². The molecule has 3 nitrogen and oxygen atoms in total. The summed E-state index contributed by atoms with van der Waals surface area (Å²) in [5, 5.41) is 0.504. The van der Waals surface area contributed by atoms with Crippen LogP contribution < -0.4 is 0 Å². The van der Waals surface area contributed by atoms with E-state index in [9.17, 15) is 13.6 Å². The highest BCUT2D eigenvalue weighted by atomic mass is 32.1. The van der Waals surface area contributed by atoms with E-state index in [2.05, 4.69) is 9.72 Å². The van der Waals surface area contributed by atoms with E-state index >= 15 is 0 Å². The number of hydrogen-bond acceptors (Lipinski definition) is 4. The molecule has 0 atom stereocenters. The van der Waals surface area contributed by atoms with Crippen molar-refractivity contribution in [3.8, 4) is 0 Å². The van der Waals surface area contributed by atoms with E-state index in [4.69, 9.17) is 0 Å². The van der Waals surface area contributed by atoms with Crippen molar-refractivity contribution in [2.24, 2.45) is 0 Å². The molecule has 1 aromatic heterocycles. The Bertz CT molecular complexity index is 637. The van der Waals surface area contributed by atoms with Gasteiger partial charge in [0.15, 0.2) is 11.6 Å². The molecule has 19 heavy (non-hydrogen) atoms. The van der Waals surface area contributed by atoms with Crippen molar-refractivity contribution in [2.75, 3.05) is 7.11 Å². The summed E-state index contributed by atoms with van der Waals surface area (Å²) in [5.41, 5.74) is 0.120. The summed E-state index contributed by atoms with van der Waals surface area (Å²) < 4.78 is 30.9. The fourth-order valence-electron chi connectivity index (χ4n) is 1.37. The van der Waals surface area contributed by atoms with Gasteiger partial charge in [0, 0.05) is 5.56 Å². The summed E-state index contributed by atoms with van der Waals surface area (Å²) in [6, 6.07) is 3.91. The summed E-state index contributed by atoms with van der Waals surface area (Å²) in [5.74, 6) is -2.30. The minimum Gasteiger partial charge on any atom is -0.465 e. The van der Waals surface area contributed by atoms with Crippen LogP contribution in [0, 0.1) is 11.6 Å². The first-order chi connectivity index (χ1) is 9.11. The average molecular weight is 281 g/mol. The van der Waals surface area contributed by atoms with Crippen LogP contribution in [0.3, 0.4) is 0 Å². The molecule has 0 aliphatic rings. The topological polar surface area (TPSA) is 39.2 Å². The van der Waals surface area contributed by atoms with Crippen LogP contribution in [0.4, 0.5) is 8.78 Å². The number of methoxy groups -OCH3 is 1. The SMILES string of the molecule is COC(=O)c1cnc(/C=C/c2cccc(F)c2F)s1. The first kappa shape index (κ1) is 13.4. The van der Waals surface area contributed by atoms with Gasteiger partial charge in [0.2, 0.25) is 0 Å². The first-order valence-corrected chi connectivity index (χ1v) is 6.09. The third kappa shape index (κ3) is 3.03. The molecular weight excluding hydrogens is 272 g/mol. The lowest BCUT2D eigenvalue weighted by Crippen LogP contribution is -1.96. The molecule has 6 heteroatoms. The van der Waals surface area contributed by atoms with Crippen molar-refractivity contribution in [2.45, 2.75) is 0 Å². The first-order valence-electron chi connectivity index (χ1n) is 5.28. The van der Waals surface area contributed by atoms with E-state index in [1.807, 2.05) is 0 Å². The number of carbonyl (C=O) groups is 1. The molecule has 0 amide bonds. The largest absolute Gasteiger partial charge is 0.465 e. The highest BCUT2D eigenvalue weighted by Crippen LogP contribution is 2.18. The molecule has 0 saturated carbocycles. The lowest BCUT2D eigenvalue weighted by molar-refractivity contribution is 0.0606. The maximum atomic E-state index is 13.4. The number of carbonyl (C=O) groups excluding carboxylic acids is 1. The molecule has 2 rings (SSSR count). The second-order valence-electron chi connectivity index (χ2n) is 3.53. The molecule has 1 aromatic carbocycles.